The number of phenols is 1. The molecular weight excluding hydrogens is 484 g/mol. The van der Waals surface area contributed by atoms with Crippen LogP contribution in [0.5, 0.6) is 23.0 Å². The Morgan fingerprint density at radius 2 is 2.03 bits per heavy atom. The maximum absolute atomic E-state index is 13.7. The smallest absolute Gasteiger partial charge is 0.338 e. The van der Waals surface area contributed by atoms with Crippen LogP contribution in [0.4, 0.5) is 0 Å². The number of thiazole rings is 1. The van der Waals surface area contributed by atoms with Gasteiger partial charge < -0.3 is 24.1 Å². The summed E-state index contributed by atoms with van der Waals surface area (Å²) in [6.07, 6.45) is 1.72. The largest absolute Gasteiger partial charge is 0.504 e. The number of fused-ring (bicyclic) bond motifs is 2. The van der Waals surface area contributed by atoms with E-state index in [-0.39, 0.29) is 30.3 Å². The Bertz CT molecular complexity index is 1600. The van der Waals surface area contributed by atoms with Crippen molar-refractivity contribution >= 4 is 23.4 Å². The number of nitrogens with zero attached hydrogens (tertiary/aromatic N) is 2. The molecule has 2 aliphatic heterocycles. The lowest BCUT2D eigenvalue weighted by molar-refractivity contribution is -0.139. The Morgan fingerprint density at radius 1 is 1.25 bits per heavy atom. The summed E-state index contributed by atoms with van der Waals surface area (Å²) in [6, 6.07) is 8.01. The number of phenolic OH excluding ortho intramolecular Hbond substituents is 1. The predicted molar refractivity (Wildman–Crippen MR) is 132 cm³/mol. The second kappa shape index (κ2) is 9.19. The van der Waals surface area contributed by atoms with Gasteiger partial charge in [-0.2, -0.15) is 0 Å². The monoisotopic (exact) mass is 508 g/mol. The van der Waals surface area contributed by atoms with Crippen molar-refractivity contribution in [2.75, 3.05) is 20.5 Å². The maximum atomic E-state index is 13.7. The average molecular weight is 509 g/mol. The number of benzene rings is 2. The number of hydrogen-bond acceptors (Lipinski definition) is 9. The van der Waals surface area contributed by atoms with E-state index in [0.29, 0.717) is 49.0 Å². The van der Waals surface area contributed by atoms with E-state index in [2.05, 4.69) is 4.99 Å². The first-order chi connectivity index (χ1) is 17.3. The third-order valence-corrected chi connectivity index (χ3v) is 7.02. The number of aromatic hydroxyl groups is 1. The Hall–Kier alpha value is -4.05. The van der Waals surface area contributed by atoms with E-state index in [1.54, 1.807) is 51.1 Å². The highest BCUT2D eigenvalue weighted by molar-refractivity contribution is 7.07. The third-order valence-electron chi connectivity index (χ3n) is 6.03. The molecule has 0 amide bonds. The number of aromatic nitrogens is 1. The molecule has 1 aromatic heterocycles. The van der Waals surface area contributed by atoms with Crippen LogP contribution in [0, 0.1) is 6.92 Å². The summed E-state index contributed by atoms with van der Waals surface area (Å²) < 4.78 is 23.5. The van der Waals surface area contributed by atoms with Crippen LogP contribution >= 0.6 is 11.3 Å². The van der Waals surface area contributed by atoms with Gasteiger partial charge in [0, 0.05) is 0 Å². The Kier molecular flexibility index (Phi) is 6.05. The SMILES string of the molecule is CCOC(=O)C1=C(C)N=c2s/c(=C\c3cc(C)c(O)c(OC)c3)c(=O)n2C1c1ccc2c(c1)OCO2. The van der Waals surface area contributed by atoms with Crippen LogP contribution in [0.15, 0.2) is 51.4 Å². The van der Waals surface area contributed by atoms with Gasteiger partial charge in [0.25, 0.3) is 5.56 Å². The Morgan fingerprint density at radius 3 is 2.78 bits per heavy atom. The van der Waals surface area contributed by atoms with Crippen LogP contribution in [0.1, 0.15) is 36.6 Å². The fourth-order valence-corrected chi connectivity index (χ4v) is 5.40. The van der Waals surface area contributed by atoms with Crippen molar-refractivity contribution < 1.29 is 28.8 Å². The van der Waals surface area contributed by atoms with Crippen molar-refractivity contribution in [1.29, 1.82) is 0 Å². The Balaban J connectivity index is 1.72. The second-order valence-electron chi connectivity index (χ2n) is 8.30. The van der Waals surface area contributed by atoms with E-state index >= 15 is 0 Å². The van der Waals surface area contributed by atoms with Crippen molar-refractivity contribution in [3.63, 3.8) is 0 Å². The first-order valence-electron chi connectivity index (χ1n) is 11.3. The molecule has 0 radical (unpaired) electrons. The zero-order chi connectivity index (χ0) is 25.6. The van der Waals surface area contributed by atoms with E-state index in [0.717, 1.165) is 0 Å². The predicted octanol–water partition coefficient (Wildman–Crippen LogP) is 2.55. The number of carbonyl (C=O) groups excluding carboxylic acids is 1. The molecule has 2 aliphatic rings. The lowest BCUT2D eigenvalue weighted by atomic mass is 9.95. The van der Waals surface area contributed by atoms with Crippen molar-refractivity contribution in [1.82, 2.24) is 4.57 Å². The van der Waals surface area contributed by atoms with Crippen molar-refractivity contribution in [2.45, 2.75) is 26.8 Å². The maximum Gasteiger partial charge on any atom is 0.338 e. The number of carbonyl (C=O) groups is 1. The summed E-state index contributed by atoms with van der Waals surface area (Å²) in [4.78, 5) is 31.8. The molecule has 1 atom stereocenters. The van der Waals surface area contributed by atoms with Crippen molar-refractivity contribution in [2.24, 2.45) is 4.99 Å². The molecule has 186 valence electrons. The van der Waals surface area contributed by atoms with E-state index < -0.39 is 12.0 Å². The van der Waals surface area contributed by atoms with Gasteiger partial charge in [0.05, 0.1) is 35.6 Å². The third kappa shape index (κ3) is 3.93. The first kappa shape index (κ1) is 23.7. The van der Waals surface area contributed by atoms with E-state index in [9.17, 15) is 14.7 Å². The summed E-state index contributed by atoms with van der Waals surface area (Å²) in [6.45, 7) is 5.52. The molecule has 0 fully saturated rings. The zero-order valence-electron chi connectivity index (χ0n) is 20.2. The van der Waals surface area contributed by atoms with Gasteiger partial charge in [-0.1, -0.05) is 17.4 Å². The minimum absolute atomic E-state index is 0.0496. The van der Waals surface area contributed by atoms with E-state index in [1.807, 2.05) is 6.07 Å². The number of rotatable bonds is 5. The molecule has 0 aliphatic carbocycles. The summed E-state index contributed by atoms with van der Waals surface area (Å²) in [7, 11) is 1.47. The summed E-state index contributed by atoms with van der Waals surface area (Å²) in [5, 5.41) is 10.2. The minimum atomic E-state index is -0.756. The molecule has 0 spiro atoms. The molecule has 0 saturated heterocycles. The van der Waals surface area contributed by atoms with Crippen molar-refractivity contribution in [3.05, 3.63) is 78.0 Å². The molecule has 36 heavy (non-hydrogen) atoms. The van der Waals surface area contributed by atoms with E-state index in [1.165, 1.54) is 23.0 Å². The molecule has 5 rings (SSSR count). The van der Waals surface area contributed by atoms with Gasteiger partial charge in [-0.25, -0.2) is 9.79 Å². The topological polar surface area (TPSA) is 109 Å². The van der Waals surface area contributed by atoms with Gasteiger partial charge in [0.15, 0.2) is 27.8 Å². The highest BCUT2D eigenvalue weighted by atomic mass is 32.1. The number of hydrogen-bond donors (Lipinski definition) is 1. The molecule has 3 aromatic rings. The number of methoxy groups -OCH3 is 1. The quantitative estimate of drug-likeness (QED) is 0.528. The highest BCUT2D eigenvalue weighted by Gasteiger charge is 2.34. The lowest BCUT2D eigenvalue weighted by Gasteiger charge is -2.24. The van der Waals surface area contributed by atoms with Crippen LogP contribution in [0.3, 0.4) is 0 Å². The highest BCUT2D eigenvalue weighted by Crippen LogP contribution is 2.38. The number of allylic oxidation sites excluding steroid dienone is 1. The van der Waals surface area contributed by atoms with Gasteiger partial charge >= 0.3 is 5.97 Å². The lowest BCUT2D eigenvalue weighted by Crippen LogP contribution is -2.39. The molecule has 0 bridgehead atoms. The van der Waals surface area contributed by atoms with Crippen LogP contribution < -0.4 is 29.1 Å². The number of esters is 1. The van der Waals surface area contributed by atoms with Crippen molar-refractivity contribution in [3.8, 4) is 23.0 Å². The van der Waals surface area contributed by atoms with Gasteiger partial charge in [-0.3, -0.25) is 9.36 Å². The normalized spacial score (nSPS) is 16.6. The molecule has 9 nitrogen and oxygen atoms in total. The minimum Gasteiger partial charge on any atom is -0.504 e. The van der Waals surface area contributed by atoms with Crippen LogP contribution in [0.2, 0.25) is 0 Å². The van der Waals surface area contributed by atoms with Gasteiger partial charge in [0.1, 0.15) is 0 Å². The van der Waals surface area contributed by atoms with Gasteiger partial charge in [-0.05, 0) is 67.8 Å². The molecule has 0 saturated carbocycles. The first-order valence-corrected chi connectivity index (χ1v) is 12.1. The van der Waals surface area contributed by atoms with Crippen LogP contribution in [-0.4, -0.2) is 36.2 Å². The molecule has 1 unspecified atom stereocenters. The fourth-order valence-electron chi connectivity index (χ4n) is 4.35. The summed E-state index contributed by atoms with van der Waals surface area (Å²) in [5.41, 5.74) is 2.44. The van der Waals surface area contributed by atoms with Gasteiger partial charge in [0.2, 0.25) is 6.79 Å². The van der Waals surface area contributed by atoms with Gasteiger partial charge in [-0.15, -0.1) is 0 Å². The summed E-state index contributed by atoms with van der Waals surface area (Å²) in [5.74, 6) is 0.969. The number of ether oxygens (including phenoxy) is 4. The second-order valence-corrected chi connectivity index (χ2v) is 9.31. The molecule has 10 heteroatoms. The zero-order valence-corrected chi connectivity index (χ0v) is 21.0. The fraction of sp³-hybridized carbons (Fsp3) is 0.269. The Labute approximate surface area is 210 Å². The molecular formula is C26H24N2O7S. The van der Waals surface area contributed by atoms with Crippen LogP contribution in [-0.2, 0) is 9.53 Å². The van der Waals surface area contributed by atoms with Crippen LogP contribution in [0.25, 0.3) is 6.08 Å². The standard InChI is InChI=1S/C26H24N2O7S/c1-5-33-25(31)21-14(3)27-26-28(22(21)16-6-7-17-18(11-16)35-12-34-17)24(30)20(36-26)10-15-8-13(2)23(29)19(9-15)32-4/h6-11,22,29H,5,12H2,1-4H3/b20-10-. The average Bonchev–Trinajstić information content (AvgIpc) is 3.44. The summed E-state index contributed by atoms with van der Waals surface area (Å²) >= 11 is 1.22. The van der Waals surface area contributed by atoms with E-state index in [4.69, 9.17) is 18.9 Å². The molecule has 1 N–H and O–H groups in total. The molecule has 3 heterocycles. The number of aryl methyl sites for hydroxylation is 1. The molecule has 2 aromatic carbocycles.